The average Bonchev–Trinajstić information content (AvgIpc) is 3.47. The van der Waals surface area contributed by atoms with Crippen LogP contribution >= 0.6 is 0 Å². The van der Waals surface area contributed by atoms with Crippen LogP contribution in [-0.2, 0) is 11.0 Å². The van der Waals surface area contributed by atoms with E-state index in [1.807, 2.05) is 19.9 Å². The lowest BCUT2D eigenvalue weighted by Gasteiger charge is -2.32. The van der Waals surface area contributed by atoms with Gasteiger partial charge >= 0.3 is 6.18 Å². The molecule has 182 valence electrons. The van der Waals surface area contributed by atoms with Gasteiger partial charge in [0.25, 0.3) is 5.91 Å². The second-order valence-corrected chi connectivity index (χ2v) is 8.69. The molecule has 1 N–H and O–H groups in total. The third-order valence-corrected chi connectivity index (χ3v) is 6.00. The molecule has 1 amide bonds. The van der Waals surface area contributed by atoms with E-state index in [1.54, 1.807) is 23.4 Å². The lowest BCUT2D eigenvalue weighted by Crippen LogP contribution is -2.46. The maximum atomic E-state index is 13.7. The van der Waals surface area contributed by atoms with Crippen LogP contribution in [-0.4, -0.2) is 55.5 Å². The summed E-state index contributed by atoms with van der Waals surface area (Å²) in [6, 6.07) is 1.91. The molecule has 8 nitrogen and oxygen atoms in total. The Kier molecular flexibility index (Phi) is 6.63. The predicted octanol–water partition coefficient (Wildman–Crippen LogP) is 3.50. The fourth-order valence-corrected chi connectivity index (χ4v) is 4.36. The number of hydrogen-bond donors (Lipinski definition) is 1. The van der Waals surface area contributed by atoms with Gasteiger partial charge in [-0.25, -0.2) is 4.98 Å². The van der Waals surface area contributed by atoms with Crippen molar-refractivity contribution in [3.8, 4) is 5.88 Å². The van der Waals surface area contributed by atoms with Crippen molar-refractivity contribution in [2.24, 2.45) is 5.92 Å². The number of carbonyl (C=O) groups excluding carboxylic acids is 1. The zero-order valence-electron chi connectivity index (χ0n) is 19.2. The van der Waals surface area contributed by atoms with Gasteiger partial charge in [0.2, 0.25) is 5.88 Å². The van der Waals surface area contributed by atoms with Crippen molar-refractivity contribution in [1.29, 1.82) is 0 Å². The Balaban J connectivity index is 1.58. The highest BCUT2D eigenvalue weighted by molar-refractivity contribution is 6.02. The molecule has 4 atom stereocenters. The van der Waals surface area contributed by atoms with Gasteiger partial charge in [0.1, 0.15) is 6.10 Å². The van der Waals surface area contributed by atoms with Crippen molar-refractivity contribution in [3.05, 3.63) is 54.0 Å². The Morgan fingerprint density at radius 3 is 2.62 bits per heavy atom. The van der Waals surface area contributed by atoms with E-state index >= 15 is 0 Å². The molecule has 4 unspecified atom stereocenters. The molecule has 0 aromatic carbocycles. The van der Waals surface area contributed by atoms with Crippen LogP contribution in [0.2, 0.25) is 0 Å². The number of ether oxygens (including phenoxy) is 1. The summed E-state index contributed by atoms with van der Waals surface area (Å²) >= 11 is 0. The Bertz CT molecular complexity index is 1070. The topological polar surface area (TPSA) is 85.2 Å². The number of halogens is 3. The number of amides is 1. The van der Waals surface area contributed by atoms with Gasteiger partial charge in [-0.15, -0.1) is 4.80 Å². The first kappa shape index (κ1) is 23.8. The number of aromatic nitrogens is 4. The third kappa shape index (κ3) is 4.92. The molecule has 2 aromatic rings. The van der Waals surface area contributed by atoms with Crippen molar-refractivity contribution in [2.75, 3.05) is 6.54 Å². The summed E-state index contributed by atoms with van der Waals surface area (Å²) in [5.74, 6) is 0.653. The first-order chi connectivity index (χ1) is 16.2. The van der Waals surface area contributed by atoms with E-state index in [4.69, 9.17) is 4.74 Å². The Labute approximate surface area is 195 Å². The van der Waals surface area contributed by atoms with E-state index in [2.05, 4.69) is 27.4 Å². The minimum Gasteiger partial charge on any atom is -0.472 e. The van der Waals surface area contributed by atoms with E-state index in [0.29, 0.717) is 30.8 Å². The minimum absolute atomic E-state index is 0.00307. The summed E-state index contributed by atoms with van der Waals surface area (Å²) in [5.41, 5.74) is -0.396. The van der Waals surface area contributed by atoms with Gasteiger partial charge in [0.05, 0.1) is 29.6 Å². The van der Waals surface area contributed by atoms with Gasteiger partial charge in [-0.1, -0.05) is 19.9 Å². The zero-order valence-corrected chi connectivity index (χ0v) is 19.2. The highest BCUT2D eigenvalue weighted by Crippen LogP contribution is 2.32. The second-order valence-electron chi connectivity index (χ2n) is 8.69. The number of nitrogens with zero attached hydrogens (tertiary/aromatic N) is 5. The van der Waals surface area contributed by atoms with Crippen molar-refractivity contribution in [3.63, 3.8) is 0 Å². The Hall–Kier alpha value is -3.37. The molecular weight excluding hydrogens is 449 g/mol. The lowest BCUT2D eigenvalue weighted by atomic mass is 10.0. The van der Waals surface area contributed by atoms with Crippen LogP contribution in [0, 0.1) is 5.92 Å². The molecule has 0 spiro atoms. The molecule has 2 aliphatic rings. The molecule has 0 bridgehead atoms. The van der Waals surface area contributed by atoms with E-state index in [-0.39, 0.29) is 29.8 Å². The number of dihydropyridines is 1. The van der Waals surface area contributed by atoms with Crippen LogP contribution in [0.3, 0.4) is 0 Å². The molecule has 2 aliphatic heterocycles. The van der Waals surface area contributed by atoms with Gasteiger partial charge in [0.15, 0.2) is 5.82 Å². The summed E-state index contributed by atoms with van der Waals surface area (Å²) in [6.45, 7) is 6.48. The quantitative estimate of drug-likeness (QED) is 0.687. The van der Waals surface area contributed by atoms with E-state index in [1.165, 1.54) is 10.9 Å². The molecule has 11 heteroatoms. The number of nitrogens with one attached hydrogen (secondary N) is 1. The number of alkyl halides is 3. The number of likely N-dealkylation sites (tertiary alicyclic amines) is 1. The maximum absolute atomic E-state index is 13.7. The largest absolute Gasteiger partial charge is 0.472 e. The van der Waals surface area contributed by atoms with Crippen molar-refractivity contribution in [2.45, 2.75) is 58.0 Å². The molecule has 2 aromatic heterocycles. The number of pyridine rings is 1. The van der Waals surface area contributed by atoms with Crippen molar-refractivity contribution < 1.29 is 22.7 Å². The van der Waals surface area contributed by atoms with Crippen LogP contribution in [0.15, 0.2) is 48.4 Å². The molecular formula is C23H27F3N6O2. The second kappa shape index (κ2) is 9.47. The van der Waals surface area contributed by atoms with E-state index in [9.17, 15) is 18.0 Å². The summed E-state index contributed by atoms with van der Waals surface area (Å²) in [7, 11) is 0. The van der Waals surface area contributed by atoms with Crippen LogP contribution in [0.4, 0.5) is 13.2 Å². The molecule has 0 aliphatic carbocycles. The molecule has 0 radical (unpaired) electrons. The van der Waals surface area contributed by atoms with Gasteiger partial charge in [-0.2, -0.15) is 23.4 Å². The van der Waals surface area contributed by atoms with Crippen molar-refractivity contribution in [1.82, 2.24) is 30.2 Å². The fraction of sp³-hybridized carbons (Fsp3) is 0.478. The molecule has 1 saturated heterocycles. The molecule has 4 rings (SSSR count). The first-order valence-electron chi connectivity index (χ1n) is 11.2. The minimum atomic E-state index is -4.46. The standard InChI is InChI=1S/C23H27F3N6O2/c1-4-19(34-20-8-6-16(12-27-20)23(24,25)26)18-11-14(2)13-31(18)22(33)17-7-5-15(3)30-21(17)32-28-9-10-29-32/h5-10,12,14-15,18-19,30H,4,11,13H2,1-3H3. The van der Waals surface area contributed by atoms with Gasteiger partial charge in [0, 0.05) is 24.8 Å². The molecule has 0 saturated carbocycles. The Morgan fingerprint density at radius 2 is 2.00 bits per heavy atom. The molecule has 4 heterocycles. The predicted molar refractivity (Wildman–Crippen MR) is 118 cm³/mol. The highest BCUT2D eigenvalue weighted by Gasteiger charge is 2.41. The average molecular weight is 477 g/mol. The van der Waals surface area contributed by atoms with Crippen LogP contribution in [0.1, 0.15) is 39.2 Å². The molecule has 1 fully saturated rings. The lowest BCUT2D eigenvalue weighted by molar-refractivity contribution is -0.138. The summed E-state index contributed by atoms with van der Waals surface area (Å²) in [4.78, 5) is 20.7. The fourth-order valence-electron chi connectivity index (χ4n) is 4.36. The summed E-state index contributed by atoms with van der Waals surface area (Å²) < 4.78 is 44.6. The number of hydrogen-bond acceptors (Lipinski definition) is 6. The normalized spacial score (nSPS) is 23.7. The number of rotatable bonds is 6. The van der Waals surface area contributed by atoms with Gasteiger partial charge < -0.3 is 15.0 Å². The summed E-state index contributed by atoms with van der Waals surface area (Å²) in [5, 5.41) is 11.6. The third-order valence-electron chi connectivity index (χ3n) is 6.00. The Morgan fingerprint density at radius 1 is 1.26 bits per heavy atom. The number of carbonyl (C=O) groups is 1. The highest BCUT2D eigenvalue weighted by atomic mass is 19.4. The van der Waals surface area contributed by atoms with Gasteiger partial charge in [-0.05, 0) is 37.8 Å². The zero-order chi connectivity index (χ0) is 24.5. The maximum Gasteiger partial charge on any atom is 0.417 e. The van der Waals surface area contributed by atoms with E-state index < -0.39 is 17.8 Å². The van der Waals surface area contributed by atoms with E-state index in [0.717, 1.165) is 12.3 Å². The first-order valence-corrected chi connectivity index (χ1v) is 11.2. The molecule has 34 heavy (non-hydrogen) atoms. The van der Waals surface area contributed by atoms with Crippen molar-refractivity contribution >= 4 is 11.7 Å². The van der Waals surface area contributed by atoms with Crippen LogP contribution in [0.25, 0.3) is 5.82 Å². The summed E-state index contributed by atoms with van der Waals surface area (Å²) in [6.07, 6.45) is 3.89. The monoisotopic (exact) mass is 476 g/mol. The van der Waals surface area contributed by atoms with Gasteiger partial charge in [-0.3, -0.25) is 4.79 Å². The SMILES string of the molecule is CCC(Oc1ccc(C(F)(F)F)cn1)C1CC(C)CN1C(=O)C1=C(n2nccn2)NC(C)C=C1. The van der Waals surface area contributed by atoms with Crippen LogP contribution in [0.5, 0.6) is 5.88 Å². The van der Waals surface area contributed by atoms with Crippen LogP contribution < -0.4 is 10.1 Å². The smallest absolute Gasteiger partial charge is 0.417 e.